The Balaban J connectivity index is 1.46. The van der Waals surface area contributed by atoms with Crippen LogP contribution in [0.4, 0.5) is 0 Å². The SMILES string of the molecule is C=C(NC(/C=C\C(=C)N1CCN(C)CC1)=C/C)c1cnc(C)c(C(=C)c2ccn3nccc3c2)c1. The maximum atomic E-state index is 4.63. The molecule has 3 aromatic rings. The standard InChI is InChI=1S/C29H34N6/c1-7-27(9-8-21(2)34-16-14-33(6)15-17-34)32-23(4)26-19-29(24(5)30-20-26)22(3)25-11-13-35-28(18-25)10-12-31-35/h7-13,18-20,32H,2-4,14-17H2,1,5-6H3/b9-8-,27-7+. The number of likely N-dealkylation sites (N-methyl/N-ethyl adjacent to an activating group) is 1. The Morgan fingerprint density at radius 3 is 2.54 bits per heavy atom. The Morgan fingerprint density at radius 1 is 1.03 bits per heavy atom. The van der Waals surface area contributed by atoms with Crippen molar-refractivity contribution in [2.24, 2.45) is 0 Å². The van der Waals surface area contributed by atoms with Crippen molar-refractivity contribution < 1.29 is 0 Å². The highest BCUT2D eigenvalue weighted by Crippen LogP contribution is 2.27. The van der Waals surface area contributed by atoms with E-state index in [2.05, 4.69) is 70.2 Å². The topological polar surface area (TPSA) is 48.7 Å². The number of rotatable bonds is 8. The summed E-state index contributed by atoms with van der Waals surface area (Å²) in [4.78, 5) is 9.29. The smallest absolute Gasteiger partial charge is 0.0667 e. The Morgan fingerprint density at radius 2 is 1.80 bits per heavy atom. The van der Waals surface area contributed by atoms with Gasteiger partial charge in [0.05, 0.1) is 5.52 Å². The van der Waals surface area contributed by atoms with Crippen LogP contribution in [-0.4, -0.2) is 57.6 Å². The minimum atomic E-state index is 0.778. The van der Waals surface area contributed by atoms with E-state index in [0.717, 1.165) is 76.7 Å². The van der Waals surface area contributed by atoms with Gasteiger partial charge in [0.15, 0.2) is 0 Å². The maximum absolute atomic E-state index is 4.63. The summed E-state index contributed by atoms with van der Waals surface area (Å²) < 4.78 is 1.84. The van der Waals surface area contributed by atoms with Crippen LogP contribution in [0.3, 0.4) is 0 Å². The number of nitrogens with zero attached hydrogens (tertiary/aromatic N) is 5. The summed E-state index contributed by atoms with van der Waals surface area (Å²) in [5.74, 6) is 0. The molecule has 0 amide bonds. The second-order valence-corrected chi connectivity index (χ2v) is 8.91. The first-order valence-electron chi connectivity index (χ1n) is 11.9. The minimum Gasteiger partial charge on any atom is -0.369 e. The Bertz CT molecular complexity index is 1320. The van der Waals surface area contributed by atoms with E-state index >= 15 is 0 Å². The predicted molar refractivity (Wildman–Crippen MR) is 146 cm³/mol. The molecule has 1 fully saturated rings. The zero-order valence-corrected chi connectivity index (χ0v) is 21.0. The molecule has 0 aromatic carbocycles. The second kappa shape index (κ2) is 10.6. The molecule has 0 bridgehead atoms. The number of hydrogen-bond acceptors (Lipinski definition) is 5. The number of pyridine rings is 2. The molecule has 1 aliphatic rings. The summed E-state index contributed by atoms with van der Waals surface area (Å²) >= 11 is 0. The molecule has 3 aromatic heterocycles. The zero-order valence-electron chi connectivity index (χ0n) is 21.0. The highest BCUT2D eigenvalue weighted by atomic mass is 15.2. The van der Waals surface area contributed by atoms with Crippen LogP contribution in [-0.2, 0) is 0 Å². The van der Waals surface area contributed by atoms with Gasteiger partial charge in [-0.25, -0.2) is 4.52 Å². The fraction of sp³-hybridized carbons (Fsp3) is 0.241. The van der Waals surface area contributed by atoms with Crippen LogP contribution in [0.15, 0.2) is 92.2 Å². The predicted octanol–water partition coefficient (Wildman–Crippen LogP) is 4.88. The van der Waals surface area contributed by atoms with Gasteiger partial charge in [-0.15, -0.1) is 0 Å². The molecule has 0 unspecified atom stereocenters. The molecule has 0 saturated carbocycles. The number of allylic oxidation sites excluding steroid dienone is 3. The van der Waals surface area contributed by atoms with Crippen molar-refractivity contribution in [2.75, 3.05) is 33.2 Å². The number of nitrogens with one attached hydrogen (secondary N) is 1. The molecule has 6 heteroatoms. The number of aromatic nitrogens is 3. The normalized spacial score (nSPS) is 15.1. The summed E-state index contributed by atoms with van der Waals surface area (Å²) in [5.41, 5.74) is 8.58. The molecule has 0 spiro atoms. The molecular weight excluding hydrogens is 432 g/mol. The van der Waals surface area contributed by atoms with Crippen LogP contribution in [0.1, 0.15) is 29.3 Å². The zero-order chi connectivity index (χ0) is 24.9. The van der Waals surface area contributed by atoms with Gasteiger partial charge in [-0.1, -0.05) is 25.8 Å². The lowest BCUT2D eigenvalue weighted by molar-refractivity contribution is 0.190. The van der Waals surface area contributed by atoms with E-state index < -0.39 is 0 Å². The average Bonchev–Trinajstić information content (AvgIpc) is 3.34. The van der Waals surface area contributed by atoms with Crippen LogP contribution < -0.4 is 5.32 Å². The molecule has 1 saturated heterocycles. The van der Waals surface area contributed by atoms with Crippen molar-refractivity contribution in [3.63, 3.8) is 0 Å². The van der Waals surface area contributed by atoms with Crippen LogP contribution in [0.5, 0.6) is 0 Å². The Kier molecular flexibility index (Phi) is 7.32. The molecule has 0 radical (unpaired) electrons. The van der Waals surface area contributed by atoms with Crippen molar-refractivity contribution >= 4 is 16.8 Å². The second-order valence-electron chi connectivity index (χ2n) is 8.91. The van der Waals surface area contributed by atoms with Gasteiger partial charge in [0, 0.05) is 78.7 Å². The molecule has 4 rings (SSSR count). The quantitative estimate of drug-likeness (QED) is 0.480. The first-order valence-corrected chi connectivity index (χ1v) is 11.9. The number of piperazine rings is 1. The van der Waals surface area contributed by atoms with Crippen molar-refractivity contribution in [1.82, 2.24) is 29.7 Å². The molecule has 0 aliphatic carbocycles. The van der Waals surface area contributed by atoms with Gasteiger partial charge in [0.25, 0.3) is 0 Å². The van der Waals surface area contributed by atoms with Gasteiger partial charge in [-0.3, -0.25) is 4.98 Å². The summed E-state index contributed by atoms with van der Waals surface area (Å²) in [6, 6.07) is 8.19. The number of fused-ring (bicyclic) bond motifs is 1. The van der Waals surface area contributed by atoms with E-state index in [4.69, 9.17) is 0 Å². The molecular formula is C29H34N6. The molecule has 1 aliphatic heterocycles. The molecule has 35 heavy (non-hydrogen) atoms. The molecule has 6 nitrogen and oxygen atoms in total. The van der Waals surface area contributed by atoms with Crippen LogP contribution in [0, 0.1) is 6.92 Å². The lowest BCUT2D eigenvalue weighted by atomic mass is 9.97. The highest BCUT2D eigenvalue weighted by molar-refractivity contribution is 5.82. The minimum absolute atomic E-state index is 0.778. The monoisotopic (exact) mass is 466 g/mol. The molecule has 4 heterocycles. The lowest BCUT2D eigenvalue weighted by Gasteiger charge is -2.34. The largest absolute Gasteiger partial charge is 0.369 e. The fourth-order valence-corrected chi connectivity index (χ4v) is 4.11. The van der Waals surface area contributed by atoms with Gasteiger partial charge in [-0.05, 0) is 68.4 Å². The first kappa shape index (κ1) is 24.2. The average molecular weight is 467 g/mol. The number of aryl methyl sites for hydroxylation is 1. The van der Waals surface area contributed by atoms with E-state index in [-0.39, 0.29) is 0 Å². The maximum Gasteiger partial charge on any atom is 0.0667 e. The third kappa shape index (κ3) is 5.61. The van der Waals surface area contributed by atoms with Crippen molar-refractivity contribution in [1.29, 1.82) is 0 Å². The van der Waals surface area contributed by atoms with E-state index in [1.807, 2.05) is 55.0 Å². The van der Waals surface area contributed by atoms with Crippen molar-refractivity contribution in [2.45, 2.75) is 13.8 Å². The third-order valence-corrected chi connectivity index (χ3v) is 6.48. The lowest BCUT2D eigenvalue weighted by Crippen LogP contribution is -2.43. The van der Waals surface area contributed by atoms with E-state index in [9.17, 15) is 0 Å². The van der Waals surface area contributed by atoms with E-state index in [1.165, 1.54) is 0 Å². The molecule has 0 atom stereocenters. The Labute approximate surface area is 208 Å². The summed E-state index contributed by atoms with van der Waals surface area (Å²) in [5, 5.41) is 7.70. The summed E-state index contributed by atoms with van der Waals surface area (Å²) in [7, 11) is 2.16. The van der Waals surface area contributed by atoms with Crippen molar-refractivity contribution in [3.8, 4) is 0 Å². The van der Waals surface area contributed by atoms with Crippen LogP contribution >= 0.6 is 0 Å². The van der Waals surface area contributed by atoms with Crippen LogP contribution in [0.25, 0.3) is 16.8 Å². The van der Waals surface area contributed by atoms with Crippen LogP contribution in [0.2, 0.25) is 0 Å². The van der Waals surface area contributed by atoms with Gasteiger partial charge in [0.1, 0.15) is 0 Å². The summed E-state index contributed by atoms with van der Waals surface area (Å²) in [6.45, 7) is 21.0. The van der Waals surface area contributed by atoms with E-state index in [1.54, 1.807) is 6.20 Å². The van der Waals surface area contributed by atoms with Crippen molar-refractivity contribution in [3.05, 3.63) is 115 Å². The van der Waals surface area contributed by atoms with Gasteiger partial charge >= 0.3 is 0 Å². The highest BCUT2D eigenvalue weighted by Gasteiger charge is 2.14. The van der Waals surface area contributed by atoms with Gasteiger partial charge < -0.3 is 15.1 Å². The van der Waals surface area contributed by atoms with E-state index in [0.29, 0.717) is 0 Å². The Hall–Kier alpha value is -3.90. The fourth-order valence-electron chi connectivity index (χ4n) is 4.11. The van der Waals surface area contributed by atoms with Gasteiger partial charge in [-0.2, -0.15) is 5.10 Å². The molecule has 1 N–H and O–H groups in total. The third-order valence-electron chi connectivity index (χ3n) is 6.48. The summed E-state index contributed by atoms with van der Waals surface area (Å²) in [6.07, 6.45) is 11.7. The first-order chi connectivity index (χ1) is 16.9. The number of hydrogen-bond donors (Lipinski definition) is 1. The molecule has 180 valence electrons. The van der Waals surface area contributed by atoms with Gasteiger partial charge in [0.2, 0.25) is 0 Å².